The van der Waals surface area contributed by atoms with Gasteiger partial charge in [-0.3, -0.25) is 9.36 Å². The van der Waals surface area contributed by atoms with Gasteiger partial charge in [-0.05, 0) is 94.2 Å². The van der Waals surface area contributed by atoms with Gasteiger partial charge in [0.05, 0.1) is 39.1 Å². The normalized spacial score (nSPS) is 14.5. The number of esters is 1. The number of nitrogens with zero attached hydrogens (tertiary/aromatic N) is 3. The summed E-state index contributed by atoms with van der Waals surface area (Å²) in [6.45, 7) is 4.14. The van der Waals surface area contributed by atoms with E-state index in [1.807, 2.05) is 79.7 Å². The van der Waals surface area contributed by atoms with Gasteiger partial charge in [0, 0.05) is 19.8 Å². The fourth-order valence-electron chi connectivity index (χ4n) is 5.74. The Morgan fingerprint density at radius 1 is 1.06 bits per heavy atom. The lowest BCUT2D eigenvalue weighted by Crippen LogP contribution is -2.39. The molecule has 0 N–H and O–H groups in total. The smallest absolute Gasteiger partial charge is 0.338 e. The van der Waals surface area contributed by atoms with E-state index in [9.17, 15) is 9.59 Å². The summed E-state index contributed by atoms with van der Waals surface area (Å²) in [6, 6.07) is 25.4. The Morgan fingerprint density at radius 3 is 2.53 bits per heavy atom. The maximum Gasteiger partial charge on any atom is 0.338 e. The van der Waals surface area contributed by atoms with E-state index >= 15 is 0 Å². The van der Waals surface area contributed by atoms with Crippen molar-refractivity contribution < 1.29 is 19.0 Å². The van der Waals surface area contributed by atoms with Gasteiger partial charge in [0.2, 0.25) is 0 Å². The molecule has 0 radical (unpaired) electrons. The van der Waals surface area contributed by atoms with Crippen LogP contribution in [0.15, 0.2) is 99.9 Å². The predicted molar refractivity (Wildman–Crippen MR) is 195 cm³/mol. The first-order chi connectivity index (χ1) is 22.7. The summed E-state index contributed by atoms with van der Waals surface area (Å²) in [5.74, 6) is 0.717. The monoisotopic (exact) mass is 759 g/mol. The van der Waals surface area contributed by atoms with Crippen molar-refractivity contribution in [1.82, 2.24) is 4.57 Å². The number of fused-ring (bicyclic) bond motifs is 2. The molecule has 2 heterocycles. The lowest BCUT2D eigenvalue weighted by molar-refractivity contribution is -0.139. The van der Waals surface area contributed by atoms with E-state index in [1.165, 1.54) is 11.3 Å². The third-order valence-corrected chi connectivity index (χ3v) is 9.83. The summed E-state index contributed by atoms with van der Waals surface area (Å²) in [7, 11) is 5.53. The van der Waals surface area contributed by atoms with Crippen molar-refractivity contribution in [3.63, 3.8) is 0 Å². The third kappa shape index (κ3) is 6.44. The van der Waals surface area contributed by atoms with Crippen LogP contribution >= 0.6 is 33.9 Å². The molecule has 0 spiro atoms. The number of thiazole rings is 1. The number of carbonyl (C=O) groups excluding carboxylic acids is 1. The largest absolute Gasteiger partial charge is 0.493 e. The number of halogens is 1. The van der Waals surface area contributed by atoms with Crippen LogP contribution in [0.25, 0.3) is 16.8 Å². The highest BCUT2D eigenvalue weighted by Gasteiger charge is 2.33. The summed E-state index contributed by atoms with van der Waals surface area (Å²) in [5.41, 5.74) is 4.30. The first-order valence-electron chi connectivity index (χ1n) is 15.1. The molecule has 1 aliphatic heterocycles. The molecule has 10 heteroatoms. The molecule has 0 saturated heterocycles. The number of ether oxygens (including phenoxy) is 3. The Bertz CT molecular complexity index is 2200. The fourth-order valence-corrected chi connectivity index (χ4v) is 7.57. The van der Waals surface area contributed by atoms with Crippen LogP contribution in [-0.2, 0) is 16.1 Å². The third-order valence-electron chi connectivity index (χ3n) is 8.04. The average Bonchev–Trinajstić information content (AvgIpc) is 3.36. The molecule has 5 aromatic rings. The first-order valence-corrected chi connectivity index (χ1v) is 17.0. The number of hydrogen-bond acceptors (Lipinski definition) is 8. The lowest BCUT2D eigenvalue weighted by Gasteiger charge is -2.25. The lowest BCUT2D eigenvalue weighted by atomic mass is 9.95. The number of carbonyl (C=O) groups is 1. The van der Waals surface area contributed by atoms with Crippen LogP contribution in [0.1, 0.15) is 36.6 Å². The molecule has 0 fully saturated rings. The number of rotatable bonds is 9. The van der Waals surface area contributed by atoms with Crippen molar-refractivity contribution in [2.24, 2.45) is 4.99 Å². The van der Waals surface area contributed by atoms with E-state index in [1.54, 1.807) is 25.5 Å². The van der Waals surface area contributed by atoms with Crippen LogP contribution in [0.2, 0.25) is 0 Å². The van der Waals surface area contributed by atoms with E-state index < -0.39 is 12.0 Å². The van der Waals surface area contributed by atoms with Gasteiger partial charge in [0.15, 0.2) is 16.3 Å². The summed E-state index contributed by atoms with van der Waals surface area (Å²) in [5, 5.41) is 2.30. The van der Waals surface area contributed by atoms with E-state index in [0.29, 0.717) is 38.7 Å². The highest BCUT2D eigenvalue weighted by molar-refractivity contribution is 14.1. The number of hydrogen-bond donors (Lipinski definition) is 0. The topological polar surface area (TPSA) is 82.4 Å². The van der Waals surface area contributed by atoms with Gasteiger partial charge in [-0.25, -0.2) is 9.79 Å². The highest BCUT2D eigenvalue weighted by atomic mass is 127. The standard InChI is InChI=1S/C37H34IN3O5S/c1-6-45-36(43)32-22(2)39-37-41(33(32)25-14-16-27(17-15-25)40(3)4)35(42)31(47-37)20-23-18-29(38)34(30(19-23)44-5)46-21-26-12-9-11-24-10-7-8-13-28(24)26/h7-20,33H,6,21H2,1-5H3/t33-/m1/s1. The van der Waals surface area contributed by atoms with Crippen LogP contribution in [0.3, 0.4) is 0 Å². The average molecular weight is 760 g/mol. The molecule has 0 aliphatic carbocycles. The molecular formula is C37H34IN3O5S. The van der Waals surface area contributed by atoms with Gasteiger partial charge in [-0.2, -0.15) is 0 Å². The van der Waals surface area contributed by atoms with Crippen molar-refractivity contribution in [1.29, 1.82) is 0 Å². The second-order valence-corrected chi connectivity index (χ2v) is 13.4. The molecule has 240 valence electrons. The molecule has 0 unspecified atom stereocenters. The van der Waals surface area contributed by atoms with Gasteiger partial charge in [-0.1, -0.05) is 65.9 Å². The van der Waals surface area contributed by atoms with Crippen molar-refractivity contribution in [2.45, 2.75) is 26.5 Å². The van der Waals surface area contributed by atoms with Gasteiger partial charge >= 0.3 is 5.97 Å². The SMILES string of the molecule is CCOC(=O)C1=C(C)N=c2sc(=Cc3cc(I)c(OCc4cccc5ccccc45)c(OC)c3)c(=O)n2[C@@H]1c1ccc(N(C)C)cc1. The molecule has 47 heavy (non-hydrogen) atoms. The van der Waals surface area contributed by atoms with Crippen molar-refractivity contribution in [3.05, 3.63) is 130 Å². The maximum atomic E-state index is 14.1. The predicted octanol–water partition coefficient (Wildman–Crippen LogP) is 6.21. The van der Waals surface area contributed by atoms with E-state index in [4.69, 9.17) is 19.2 Å². The Hall–Kier alpha value is -4.42. The van der Waals surface area contributed by atoms with E-state index in [-0.39, 0.29) is 12.2 Å². The minimum absolute atomic E-state index is 0.217. The number of benzene rings is 4. The van der Waals surface area contributed by atoms with Crippen LogP contribution in [0.4, 0.5) is 5.69 Å². The molecule has 4 aromatic carbocycles. The van der Waals surface area contributed by atoms with Crippen LogP contribution in [0, 0.1) is 3.57 Å². The summed E-state index contributed by atoms with van der Waals surface area (Å²) < 4.78 is 20.4. The number of anilines is 1. The van der Waals surface area contributed by atoms with Gasteiger partial charge in [0.25, 0.3) is 5.56 Å². The Balaban J connectivity index is 1.39. The first kappa shape index (κ1) is 32.5. The Morgan fingerprint density at radius 2 is 1.81 bits per heavy atom. The van der Waals surface area contributed by atoms with Gasteiger partial charge < -0.3 is 19.1 Å². The number of aromatic nitrogens is 1. The zero-order valence-electron chi connectivity index (χ0n) is 26.7. The van der Waals surface area contributed by atoms with Gasteiger partial charge in [-0.15, -0.1) is 0 Å². The van der Waals surface area contributed by atoms with Crippen molar-refractivity contribution in [2.75, 3.05) is 32.7 Å². The van der Waals surface area contributed by atoms with E-state index in [2.05, 4.69) is 46.9 Å². The highest BCUT2D eigenvalue weighted by Crippen LogP contribution is 2.36. The molecule has 0 saturated carbocycles. The molecule has 1 aliphatic rings. The second kappa shape index (κ2) is 13.7. The molecule has 8 nitrogen and oxygen atoms in total. The van der Waals surface area contributed by atoms with Crippen LogP contribution in [-0.4, -0.2) is 38.3 Å². The second-order valence-electron chi connectivity index (χ2n) is 11.2. The minimum atomic E-state index is -0.678. The quantitative estimate of drug-likeness (QED) is 0.131. The Labute approximate surface area is 290 Å². The molecule has 1 atom stereocenters. The van der Waals surface area contributed by atoms with Crippen LogP contribution < -0.4 is 29.3 Å². The summed E-state index contributed by atoms with van der Waals surface area (Å²) in [4.78, 5) is 34.6. The van der Waals surface area contributed by atoms with Crippen molar-refractivity contribution >= 4 is 62.4 Å². The molecule has 1 aromatic heterocycles. The molecule has 6 rings (SSSR count). The van der Waals surface area contributed by atoms with Crippen LogP contribution in [0.5, 0.6) is 11.5 Å². The zero-order chi connectivity index (χ0) is 33.2. The van der Waals surface area contributed by atoms with Crippen molar-refractivity contribution in [3.8, 4) is 11.5 Å². The molecular weight excluding hydrogens is 725 g/mol. The maximum absolute atomic E-state index is 14.1. The summed E-state index contributed by atoms with van der Waals surface area (Å²) >= 11 is 3.52. The zero-order valence-corrected chi connectivity index (χ0v) is 29.7. The fraction of sp³-hybridized carbons (Fsp3) is 0.216. The number of allylic oxidation sites excluding steroid dienone is 1. The molecule has 0 bridgehead atoms. The van der Waals surface area contributed by atoms with E-state index in [0.717, 1.165) is 36.7 Å². The summed E-state index contributed by atoms with van der Waals surface area (Å²) in [6.07, 6.45) is 1.83. The Kier molecular flexibility index (Phi) is 9.51. The number of methoxy groups -OCH3 is 1. The molecule has 0 amide bonds. The minimum Gasteiger partial charge on any atom is -0.493 e. The van der Waals surface area contributed by atoms with Gasteiger partial charge in [0.1, 0.15) is 6.61 Å².